The van der Waals surface area contributed by atoms with Crippen LogP contribution in [-0.4, -0.2) is 46.6 Å². The van der Waals surface area contributed by atoms with Gasteiger partial charge in [0.25, 0.3) is 5.91 Å². The molecule has 0 spiro atoms. The van der Waals surface area contributed by atoms with E-state index in [1.807, 2.05) is 0 Å². The Kier molecular flexibility index (Phi) is 6.33. The molecule has 0 unspecified atom stereocenters. The summed E-state index contributed by atoms with van der Waals surface area (Å²) < 4.78 is 33.9. The lowest BCUT2D eigenvalue weighted by Crippen LogP contribution is -2.33. The highest BCUT2D eigenvalue weighted by atomic mass is 32.2. The average Bonchev–Trinajstić information content (AvgIpc) is 3.44. The van der Waals surface area contributed by atoms with Gasteiger partial charge in [0.15, 0.2) is 0 Å². The number of sulfonamides is 1. The molecule has 2 aliphatic rings. The quantitative estimate of drug-likeness (QED) is 0.590. The summed E-state index contributed by atoms with van der Waals surface area (Å²) in [6, 6.07) is 11.0. The van der Waals surface area contributed by atoms with Crippen molar-refractivity contribution in [2.45, 2.75) is 36.6 Å². The molecule has 1 aliphatic carbocycles. The summed E-state index contributed by atoms with van der Waals surface area (Å²) in [5.74, 6) is -0.290. The largest absolute Gasteiger partial charge is 0.495 e. The molecule has 1 heterocycles. The number of ether oxygens (including phenoxy) is 1. The summed E-state index contributed by atoms with van der Waals surface area (Å²) in [6.45, 7) is 1.11. The molecule has 3 N–H and O–H groups in total. The number of nitrogens with one attached hydrogen (secondary N) is 3. The van der Waals surface area contributed by atoms with Gasteiger partial charge in [0.05, 0.1) is 7.11 Å². The first-order valence-electron chi connectivity index (χ1n) is 10.5. The van der Waals surface area contributed by atoms with E-state index in [0.29, 0.717) is 24.5 Å². The minimum absolute atomic E-state index is 0.0676. The van der Waals surface area contributed by atoms with E-state index in [9.17, 15) is 18.0 Å². The number of nitrogens with zero attached hydrogens (tertiary/aromatic N) is 1. The Morgan fingerprint density at radius 1 is 1.16 bits per heavy atom. The second kappa shape index (κ2) is 9.17. The zero-order valence-corrected chi connectivity index (χ0v) is 18.6. The van der Waals surface area contributed by atoms with Crippen LogP contribution in [0.15, 0.2) is 47.4 Å². The number of urea groups is 1. The van der Waals surface area contributed by atoms with Gasteiger partial charge in [-0.3, -0.25) is 9.69 Å². The van der Waals surface area contributed by atoms with Crippen LogP contribution in [0.25, 0.3) is 0 Å². The standard InChI is InChI=1S/C22H26N4O5S/c1-31-19-10-9-15(13-20(19)32(29,30)25-16-5-2-3-6-16)21(27)24-17-7-4-8-18(14-17)26-12-11-23-22(26)28/h4,7-10,13-14,16,25H,2-3,5-6,11-12H2,1H3,(H,23,28)(H,24,27). The zero-order valence-electron chi connectivity index (χ0n) is 17.8. The summed E-state index contributed by atoms with van der Waals surface area (Å²) >= 11 is 0. The molecule has 4 rings (SSSR count). The molecule has 0 aromatic heterocycles. The fourth-order valence-electron chi connectivity index (χ4n) is 4.03. The lowest BCUT2D eigenvalue weighted by Gasteiger charge is -2.17. The lowest BCUT2D eigenvalue weighted by molar-refractivity contribution is 0.102. The molecule has 32 heavy (non-hydrogen) atoms. The smallest absolute Gasteiger partial charge is 0.321 e. The number of rotatable bonds is 7. The number of hydrogen-bond acceptors (Lipinski definition) is 5. The molecule has 1 saturated heterocycles. The number of methoxy groups -OCH3 is 1. The van der Waals surface area contributed by atoms with Gasteiger partial charge in [-0.2, -0.15) is 0 Å². The summed E-state index contributed by atoms with van der Waals surface area (Å²) in [7, 11) is -2.45. The van der Waals surface area contributed by atoms with Crippen LogP contribution in [0.5, 0.6) is 5.75 Å². The maximum atomic E-state index is 13.0. The summed E-state index contributed by atoms with van der Waals surface area (Å²) in [5.41, 5.74) is 1.34. The molecule has 0 bridgehead atoms. The molecule has 0 atom stereocenters. The van der Waals surface area contributed by atoms with E-state index < -0.39 is 15.9 Å². The zero-order chi connectivity index (χ0) is 22.7. The molecule has 2 aromatic carbocycles. The highest BCUT2D eigenvalue weighted by Gasteiger charge is 2.27. The van der Waals surface area contributed by atoms with Crippen LogP contribution in [-0.2, 0) is 10.0 Å². The predicted molar refractivity (Wildman–Crippen MR) is 121 cm³/mol. The van der Waals surface area contributed by atoms with Gasteiger partial charge >= 0.3 is 6.03 Å². The predicted octanol–water partition coefficient (Wildman–Crippen LogP) is 2.70. The Balaban J connectivity index is 1.55. The van der Waals surface area contributed by atoms with Crippen molar-refractivity contribution in [2.24, 2.45) is 0 Å². The van der Waals surface area contributed by atoms with Crippen LogP contribution >= 0.6 is 0 Å². The topological polar surface area (TPSA) is 117 Å². The van der Waals surface area contributed by atoms with Crippen molar-refractivity contribution in [3.05, 3.63) is 48.0 Å². The first-order chi connectivity index (χ1) is 15.4. The molecule has 1 saturated carbocycles. The molecule has 2 aromatic rings. The lowest BCUT2D eigenvalue weighted by atomic mass is 10.2. The number of anilines is 2. The minimum atomic E-state index is -3.85. The second-order valence-electron chi connectivity index (χ2n) is 7.86. The fourth-order valence-corrected chi connectivity index (χ4v) is 5.53. The van der Waals surface area contributed by atoms with Crippen LogP contribution in [0.4, 0.5) is 16.2 Å². The van der Waals surface area contributed by atoms with Crippen molar-refractivity contribution in [1.29, 1.82) is 0 Å². The SMILES string of the molecule is COc1ccc(C(=O)Nc2cccc(N3CCNC3=O)c2)cc1S(=O)(=O)NC1CCCC1. The van der Waals surface area contributed by atoms with Crippen LogP contribution in [0.2, 0.25) is 0 Å². The van der Waals surface area contributed by atoms with Gasteiger partial charge in [0, 0.05) is 36.1 Å². The Morgan fingerprint density at radius 2 is 1.94 bits per heavy atom. The average molecular weight is 459 g/mol. The highest BCUT2D eigenvalue weighted by molar-refractivity contribution is 7.89. The monoisotopic (exact) mass is 458 g/mol. The van der Waals surface area contributed by atoms with Gasteiger partial charge in [0.2, 0.25) is 10.0 Å². The van der Waals surface area contributed by atoms with E-state index in [2.05, 4.69) is 15.4 Å². The van der Waals surface area contributed by atoms with Crippen LogP contribution < -0.4 is 25.0 Å². The van der Waals surface area contributed by atoms with E-state index in [4.69, 9.17) is 4.74 Å². The van der Waals surface area contributed by atoms with Crippen molar-refractivity contribution in [3.8, 4) is 5.75 Å². The van der Waals surface area contributed by atoms with E-state index in [-0.39, 0.29) is 28.3 Å². The Bertz CT molecular complexity index is 1130. The van der Waals surface area contributed by atoms with Crippen molar-refractivity contribution < 1.29 is 22.7 Å². The number of amides is 3. The third-order valence-electron chi connectivity index (χ3n) is 5.66. The number of benzene rings is 2. The molecular weight excluding hydrogens is 432 g/mol. The Hall–Kier alpha value is -3.11. The number of carbonyl (C=O) groups is 2. The van der Waals surface area contributed by atoms with Gasteiger partial charge in [-0.15, -0.1) is 0 Å². The molecule has 3 amide bonds. The minimum Gasteiger partial charge on any atom is -0.495 e. The first-order valence-corrected chi connectivity index (χ1v) is 12.0. The van der Waals surface area contributed by atoms with Crippen molar-refractivity contribution in [3.63, 3.8) is 0 Å². The van der Waals surface area contributed by atoms with Gasteiger partial charge in [-0.25, -0.2) is 17.9 Å². The first kappa shape index (κ1) is 22.1. The molecule has 170 valence electrons. The molecule has 9 nitrogen and oxygen atoms in total. The van der Waals surface area contributed by atoms with Gasteiger partial charge in [0.1, 0.15) is 10.6 Å². The summed E-state index contributed by atoms with van der Waals surface area (Å²) in [5, 5.41) is 5.51. The molecule has 10 heteroatoms. The maximum absolute atomic E-state index is 13.0. The molecule has 0 radical (unpaired) electrons. The fraction of sp³-hybridized carbons (Fsp3) is 0.364. The Labute approximate surface area is 187 Å². The maximum Gasteiger partial charge on any atom is 0.321 e. The van der Waals surface area contributed by atoms with Crippen LogP contribution in [0.3, 0.4) is 0 Å². The van der Waals surface area contributed by atoms with Crippen molar-refractivity contribution in [2.75, 3.05) is 30.4 Å². The van der Waals surface area contributed by atoms with Crippen molar-refractivity contribution in [1.82, 2.24) is 10.0 Å². The highest BCUT2D eigenvalue weighted by Crippen LogP contribution is 2.28. The van der Waals surface area contributed by atoms with Gasteiger partial charge in [-0.1, -0.05) is 18.9 Å². The molecule has 2 fully saturated rings. The van der Waals surface area contributed by atoms with E-state index in [0.717, 1.165) is 25.7 Å². The van der Waals surface area contributed by atoms with E-state index >= 15 is 0 Å². The second-order valence-corrected chi connectivity index (χ2v) is 9.54. The number of carbonyl (C=O) groups excluding carboxylic acids is 2. The normalized spacial score (nSPS) is 16.8. The molecular formula is C22H26N4O5S. The summed E-state index contributed by atoms with van der Waals surface area (Å²) in [6.07, 6.45) is 3.58. The van der Waals surface area contributed by atoms with Crippen LogP contribution in [0, 0.1) is 0 Å². The van der Waals surface area contributed by atoms with E-state index in [1.165, 1.54) is 25.3 Å². The number of hydrogen-bond donors (Lipinski definition) is 3. The van der Waals surface area contributed by atoms with Crippen molar-refractivity contribution >= 4 is 33.3 Å². The summed E-state index contributed by atoms with van der Waals surface area (Å²) in [4.78, 5) is 26.3. The van der Waals surface area contributed by atoms with Gasteiger partial charge < -0.3 is 15.4 Å². The van der Waals surface area contributed by atoms with E-state index in [1.54, 1.807) is 29.2 Å². The van der Waals surface area contributed by atoms with Crippen LogP contribution in [0.1, 0.15) is 36.0 Å². The van der Waals surface area contributed by atoms with Gasteiger partial charge in [-0.05, 0) is 49.2 Å². The molecule has 1 aliphatic heterocycles. The third-order valence-corrected chi connectivity index (χ3v) is 7.21. The Morgan fingerprint density at radius 3 is 2.62 bits per heavy atom. The third kappa shape index (κ3) is 4.71.